The van der Waals surface area contributed by atoms with Crippen molar-refractivity contribution in [1.29, 1.82) is 0 Å². The minimum Gasteiger partial charge on any atom is -0.466 e. The van der Waals surface area contributed by atoms with Crippen molar-refractivity contribution in [3.63, 3.8) is 0 Å². The lowest BCUT2D eigenvalue weighted by atomic mass is 9.89. The van der Waals surface area contributed by atoms with Gasteiger partial charge < -0.3 is 10.1 Å². The van der Waals surface area contributed by atoms with Crippen LogP contribution in [-0.2, 0) is 9.53 Å². The number of ketones is 1. The zero-order valence-corrected chi connectivity index (χ0v) is 11.9. The quantitative estimate of drug-likeness (QED) is 0.509. The van der Waals surface area contributed by atoms with Gasteiger partial charge in [0.05, 0.1) is 6.61 Å². The Hall–Kier alpha value is -1.68. The minimum atomic E-state index is -0.458. The van der Waals surface area contributed by atoms with E-state index < -0.39 is 5.97 Å². The number of benzene rings is 1. The molecule has 0 amide bonds. The molecule has 1 N–H and O–H groups in total. The maximum Gasteiger partial charge on any atom is 0.313 e. The molecule has 1 aliphatic rings. The van der Waals surface area contributed by atoms with Gasteiger partial charge >= 0.3 is 5.97 Å². The van der Waals surface area contributed by atoms with Gasteiger partial charge in [0.15, 0.2) is 5.78 Å². The van der Waals surface area contributed by atoms with E-state index in [1.54, 1.807) is 6.92 Å². The molecule has 0 aliphatic carbocycles. The third kappa shape index (κ3) is 3.90. The summed E-state index contributed by atoms with van der Waals surface area (Å²) >= 11 is 0. The van der Waals surface area contributed by atoms with Gasteiger partial charge in [-0.2, -0.15) is 0 Å². The predicted octanol–water partition coefficient (Wildman–Crippen LogP) is 2.29. The Morgan fingerprint density at radius 2 is 1.85 bits per heavy atom. The second kappa shape index (κ2) is 7.20. The fraction of sp³-hybridized carbons (Fsp3) is 0.500. The van der Waals surface area contributed by atoms with Crippen LogP contribution in [0.15, 0.2) is 24.3 Å². The van der Waals surface area contributed by atoms with Gasteiger partial charge in [-0.05, 0) is 44.3 Å². The van der Waals surface area contributed by atoms with Crippen LogP contribution in [-0.4, -0.2) is 31.4 Å². The van der Waals surface area contributed by atoms with Gasteiger partial charge in [0.25, 0.3) is 0 Å². The Kier molecular flexibility index (Phi) is 5.30. The van der Waals surface area contributed by atoms with Crippen molar-refractivity contribution in [3.05, 3.63) is 35.4 Å². The molecule has 0 spiro atoms. The summed E-state index contributed by atoms with van der Waals surface area (Å²) in [6.45, 7) is 4.14. The fourth-order valence-corrected chi connectivity index (χ4v) is 2.54. The van der Waals surface area contributed by atoms with Gasteiger partial charge in [-0.25, -0.2) is 0 Å². The Balaban J connectivity index is 1.96. The first-order valence-corrected chi connectivity index (χ1v) is 7.20. The van der Waals surface area contributed by atoms with E-state index in [1.165, 1.54) is 5.56 Å². The van der Waals surface area contributed by atoms with Gasteiger partial charge in [-0.15, -0.1) is 0 Å². The van der Waals surface area contributed by atoms with E-state index >= 15 is 0 Å². The molecule has 108 valence electrons. The molecule has 1 aromatic carbocycles. The van der Waals surface area contributed by atoms with Gasteiger partial charge in [0.2, 0.25) is 0 Å². The second-order valence-corrected chi connectivity index (χ2v) is 5.05. The maximum absolute atomic E-state index is 11.9. The van der Waals surface area contributed by atoms with E-state index in [0.717, 1.165) is 25.9 Å². The summed E-state index contributed by atoms with van der Waals surface area (Å²) in [4.78, 5) is 23.2. The van der Waals surface area contributed by atoms with Crippen LogP contribution in [0.5, 0.6) is 0 Å². The molecule has 0 saturated carbocycles. The summed E-state index contributed by atoms with van der Waals surface area (Å²) < 4.78 is 4.79. The highest BCUT2D eigenvalue weighted by Gasteiger charge is 2.16. The molecule has 1 aliphatic heterocycles. The average Bonchev–Trinajstić information content (AvgIpc) is 2.48. The van der Waals surface area contributed by atoms with E-state index in [2.05, 4.69) is 5.32 Å². The number of rotatable bonds is 5. The SMILES string of the molecule is CCOC(=O)CC(=O)c1ccc(C2CCNCC2)cc1. The van der Waals surface area contributed by atoms with Crippen LogP contribution < -0.4 is 5.32 Å². The third-order valence-corrected chi connectivity index (χ3v) is 3.65. The lowest BCUT2D eigenvalue weighted by molar-refractivity contribution is -0.141. The molecule has 0 radical (unpaired) electrons. The van der Waals surface area contributed by atoms with Crippen molar-refractivity contribution in [2.24, 2.45) is 0 Å². The molecule has 4 nitrogen and oxygen atoms in total. The van der Waals surface area contributed by atoms with E-state index in [9.17, 15) is 9.59 Å². The van der Waals surface area contributed by atoms with E-state index in [1.807, 2.05) is 24.3 Å². The molecule has 0 atom stereocenters. The van der Waals surface area contributed by atoms with Crippen LogP contribution in [0.2, 0.25) is 0 Å². The van der Waals surface area contributed by atoms with Gasteiger partial charge in [0.1, 0.15) is 6.42 Å². The Morgan fingerprint density at radius 3 is 2.45 bits per heavy atom. The lowest BCUT2D eigenvalue weighted by Gasteiger charge is -2.23. The number of ether oxygens (including phenoxy) is 1. The topological polar surface area (TPSA) is 55.4 Å². The normalized spacial score (nSPS) is 15.8. The maximum atomic E-state index is 11.9. The van der Waals surface area contributed by atoms with Crippen molar-refractivity contribution < 1.29 is 14.3 Å². The smallest absolute Gasteiger partial charge is 0.313 e. The molecule has 1 heterocycles. The van der Waals surface area contributed by atoms with E-state index in [0.29, 0.717) is 18.1 Å². The van der Waals surface area contributed by atoms with E-state index in [4.69, 9.17) is 4.74 Å². The molecule has 1 saturated heterocycles. The standard InChI is InChI=1S/C16H21NO3/c1-2-20-16(19)11-15(18)14-5-3-12(4-6-14)13-7-9-17-10-8-13/h3-6,13,17H,2,7-11H2,1H3. The first-order valence-electron chi connectivity index (χ1n) is 7.20. The summed E-state index contributed by atoms with van der Waals surface area (Å²) in [5.41, 5.74) is 1.86. The average molecular weight is 275 g/mol. The van der Waals surface area contributed by atoms with Crippen molar-refractivity contribution in [2.75, 3.05) is 19.7 Å². The first kappa shape index (κ1) is 14.7. The van der Waals surface area contributed by atoms with Crippen LogP contribution >= 0.6 is 0 Å². The molecular formula is C16H21NO3. The van der Waals surface area contributed by atoms with Crippen LogP contribution in [0.4, 0.5) is 0 Å². The number of nitrogens with one attached hydrogen (secondary N) is 1. The highest BCUT2D eigenvalue weighted by Crippen LogP contribution is 2.25. The summed E-state index contributed by atoms with van der Waals surface area (Å²) in [6, 6.07) is 7.65. The largest absolute Gasteiger partial charge is 0.466 e. The number of hydrogen-bond donors (Lipinski definition) is 1. The van der Waals surface area contributed by atoms with Crippen molar-refractivity contribution in [1.82, 2.24) is 5.32 Å². The van der Waals surface area contributed by atoms with Gasteiger partial charge in [0, 0.05) is 5.56 Å². The number of carbonyl (C=O) groups excluding carboxylic acids is 2. The monoisotopic (exact) mass is 275 g/mol. The highest BCUT2D eigenvalue weighted by molar-refractivity contribution is 6.05. The van der Waals surface area contributed by atoms with Gasteiger partial charge in [-0.3, -0.25) is 9.59 Å². The number of esters is 1. The first-order chi connectivity index (χ1) is 9.70. The zero-order chi connectivity index (χ0) is 14.4. The fourth-order valence-electron chi connectivity index (χ4n) is 2.54. The molecule has 1 fully saturated rings. The number of piperidine rings is 1. The second-order valence-electron chi connectivity index (χ2n) is 5.05. The predicted molar refractivity (Wildman–Crippen MR) is 76.9 cm³/mol. The summed E-state index contributed by atoms with van der Waals surface area (Å²) in [5.74, 6) is -0.0642. The van der Waals surface area contributed by atoms with E-state index in [-0.39, 0.29) is 12.2 Å². The molecule has 20 heavy (non-hydrogen) atoms. The molecule has 4 heteroatoms. The summed E-state index contributed by atoms with van der Waals surface area (Å²) in [6.07, 6.45) is 2.09. The van der Waals surface area contributed by atoms with Crippen molar-refractivity contribution >= 4 is 11.8 Å². The summed E-state index contributed by atoms with van der Waals surface area (Å²) in [5, 5.41) is 3.34. The Morgan fingerprint density at radius 1 is 1.20 bits per heavy atom. The molecule has 1 aromatic rings. The zero-order valence-electron chi connectivity index (χ0n) is 11.9. The van der Waals surface area contributed by atoms with Gasteiger partial charge in [-0.1, -0.05) is 24.3 Å². The molecule has 0 aromatic heterocycles. The van der Waals surface area contributed by atoms with Crippen LogP contribution in [0.25, 0.3) is 0 Å². The van der Waals surface area contributed by atoms with Crippen molar-refractivity contribution in [3.8, 4) is 0 Å². The Bertz CT molecular complexity index is 461. The van der Waals surface area contributed by atoms with Crippen molar-refractivity contribution in [2.45, 2.75) is 32.1 Å². The number of hydrogen-bond acceptors (Lipinski definition) is 4. The molecule has 2 rings (SSSR count). The molecule has 0 unspecified atom stereocenters. The third-order valence-electron chi connectivity index (χ3n) is 3.65. The van der Waals surface area contributed by atoms with Crippen LogP contribution in [0, 0.1) is 0 Å². The lowest BCUT2D eigenvalue weighted by Crippen LogP contribution is -2.26. The number of Topliss-reactive ketones (excluding diaryl/α,β-unsaturated/α-hetero) is 1. The van der Waals surface area contributed by atoms with Crippen LogP contribution in [0.3, 0.4) is 0 Å². The van der Waals surface area contributed by atoms with Crippen LogP contribution in [0.1, 0.15) is 48.0 Å². The Labute approximate surface area is 119 Å². The highest BCUT2D eigenvalue weighted by atomic mass is 16.5. The molecular weight excluding hydrogens is 254 g/mol. The number of carbonyl (C=O) groups is 2. The summed E-state index contributed by atoms with van der Waals surface area (Å²) in [7, 11) is 0. The molecule has 0 bridgehead atoms. The minimum absolute atomic E-state index is 0.180.